The van der Waals surface area contributed by atoms with Crippen LogP contribution < -0.4 is 5.32 Å². The first-order valence-corrected chi connectivity index (χ1v) is 7.03. The van der Waals surface area contributed by atoms with Crippen LogP contribution in [-0.4, -0.2) is 5.91 Å². The Morgan fingerprint density at radius 1 is 1.27 bits per heavy atom. The van der Waals surface area contributed by atoms with E-state index in [1.54, 1.807) is 6.08 Å². The van der Waals surface area contributed by atoms with E-state index in [0.29, 0.717) is 0 Å². The Morgan fingerprint density at radius 3 is 2.68 bits per heavy atom. The van der Waals surface area contributed by atoms with E-state index in [1.165, 1.54) is 6.08 Å². The van der Waals surface area contributed by atoms with Crippen molar-refractivity contribution in [3.8, 4) is 0 Å². The van der Waals surface area contributed by atoms with Gasteiger partial charge >= 0.3 is 0 Å². The number of carbonyl (C=O) groups is 1. The topological polar surface area (TPSA) is 29.1 Å². The van der Waals surface area contributed by atoms with Crippen LogP contribution in [0, 0.1) is 19.9 Å². The van der Waals surface area contributed by atoms with Gasteiger partial charge in [-0.1, -0.05) is 24.6 Å². The van der Waals surface area contributed by atoms with Crippen LogP contribution in [0.2, 0.25) is 0 Å². The third-order valence-electron chi connectivity index (χ3n) is 3.18. The van der Waals surface area contributed by atoms with E-state index >= 15 is 0 Å². The first kappa shape index (κ1) is 18.8. The quantitative estimate of drug-likeness (QED) is 0.623. The van der Waals surface area contributed by atoms with Crippen molar-refractivity contribution in [3.05, 3.63) is 78.2 Å². The summed E-state index contributed by atoms with van der Waals surface area (Å²) in [7, 11) is 0. The van der Waals surface area contributed by atoms with Crippen molar-refractivity contribution >= 4 is 17.7 Å². The van der Waals surface area contributed by atoms with Crippen LogP contribution in [0.15, 0.2) is 48.5 Å². The summed E-state index contributed by atoms with van der Waals surface area (Å²) in [5.41, 5.74) is 3.99. The monoisotopic (exact) mass is 366 g/mol. The van der Waals surface area contributed by atoms with Crippen molar-refractivity contribution in [2.75, 3.05) is 5.32 Å². The second-order valence-electron chi connectivity index (χ2n) is 4.89. The van der Waals surface area contributed by atoms with E-state index in [0.717, 1.165) is 35.2 Å². The Morgan fingerprint density at radius 2 is 2.05 bits per heavy atom. The molecule has 0 aromatic heterocycles. The standard InChI is InChI=1S/C19H19NO.Y/c1-3-6-16-9-11-17(12-10-16)13-14-19(21)20-18-8-5-4-7-15(18)2;/h4-5,7-9,11-14H,1,3,6H2,2H3,(H,20,21);/q-2;/b14-13+;. The van der Waals surface area contributed by atoms with Gasteiger partial charge in [0.2, 0.25) is 5.91 Å². The van der Waals surface area contributed by atoms with Crippen LogP contribution in [0.1, 0.15) is 23.1 Å². The molecule has 111 valence electrons. The molecule has 1 radical (unpaired) electrons. The van der Waals surface area contributed by atoms with Crippen molar-refractivity contribution in [3.63, 3.8) is 0 Å². The van der Waals surface area contributed by atoms with Gasteiger partial charge in [-0.3, -0.25) is 4.79 Å². The molecule has 0 aliphatic heterocycles. The van der Waals surface area contributed by atoms with E-state index < -0.39 is 0 Å². The van der Waals surface area contributed by atoms with Crippen molar-refractivity contribution in [2.45, 2.75) is 19.8 Å². The van der Waals surface area contributed by atoms with Gasteiger partial charge in [0.15, 0.2) is 0 Å². The molecule has 2 nitrogen and oxygen atoms in total. The Balaban J connectivity index is 0.00000242. The largest absolute Gasteiger partial charge is 0.343 e. The molecule has 1 N–H and O–H groups in total. The minimum absolute atomic E-state index is 0. The van der Waals surface area contributed by atoms with Gasteiger partial charge in [0.1, 0.15) is 0 Å². The van der Waals surface area contributed by atoms with E-state index in [-0.39, 0.29) is 38.6 Å². The Kier molecular flexibility index (Phi) is 8.30. The summed E-state index contributed by atoms with van der Waals surface area (Å²) >= 11 is 0. The Hall–Kier alpha value is -1.25. The zero-order valence-electron chi connectivity index (χ0n) is 12.8. The van der Waals surface area contributed by atoms with Crippen LogP contribution in [0.25, 0.3) is 6.08 Å². The molecule has 0 atom stereocenters. The summed E-state index contributed by atoms with van der Waals surface area (Å²) in [5, 5.41) is 2.87. The Labute approximate surface area is 157 Å². The molecule has 0 unspecified atom stereocenters. The van der Waals surface area contributed by atoms with Gasteiger partial charge in [-0.05, 0) is 24.6 Å². The molecule has 0 saturated heterocycles. The summed E-state index contributed by atoms with van der Waals surface area (Å²) in [6, 6.07) is 16.8. The fraction of sp³-hybridized carbons (Fsp3) is 0.158. The minimum atomic E-state index is -0.133. The summed E-state index contributed by atoms with van der Waals surface area (Å²) in [6.45, 7) is 5.79. The molecule has 2 rings (SSSR count). The molecule has 0 aliphatic carbocycles. The molecule has 3 heteroatoms. The van der Waals surface area contributed by atoms with Crippen molar-refractivity contribution in [1.82, 2.24) is 0 Å². The third-order valence-corrected chi connectivity index (χ3v) is 3.18. The van der Waals surface area contributed by atoms with Crippen LogP contribution in [0.5, 0.6) is 0 Å². The van der Waals surface area contributed by atoms with E-state index in [4.69, 9.17) is 0 Å². The van der Waals surface area contributed by atoms with Gasteiger partial charge in [-0.15, -0.1) is 11.6 Å². The number of benzene rings is 2. The zero-order valence-corrected chi connectivity index (χ0v) is 15.6. The average Bonchev–Trinajstić information content (AvgIpc) is 2.49. The van der Waals surface area contributed by atoms with Crippen LogP contribution >= 0.6 is 0 Å². The van der Waals surface area contributed by atoms with Crippen molar-refractivity contribution in [2.24, 2.45) is 0 Å². The predicted octanol–water partition coefficient (Wildman–Crippen LogP) is 4.21. The summed E-state index contributed by atoms with van der Waals surface area (Å²) in [5.74, 6) is -0.133. The molecule has 0 fully saturated rings. The molecule has 0 heterocycles. The van der Waals surface area contributed by atoms with Crippen molar-refractivity contribution < 1.29 is 37.5 Å². The molecule has 2 aromatic carbocycles. The second-order valence-corrected chi connectivity index (χ2v) is 4.89. The zero-order chi connectivity index (χ0) is 15.1. The number of rotatable bonds is 5. The molecule has 2 aromatic rings. The predicted molar refractivity (Wildman–Crippen MR) is 87.8 cm³/mol. The van der Waals surface area contributed by atoms with Crippen LogP contribution in [0.3, 0.4) is 0 Å². The fourth-order valence-corrected chi connectivity index (χ4v) is 1.98. The summed E-state index contributed by atoms with van der Waals surface area (Å²) in [6.07, 6.45) is 5.12. The number of nitrogens with one attached hydrogen (secondary N) is 1. The number of para-hydroxylation sites is 1. The smallest absolute Gasteiger partial charge is 0.247 e. The number of aryl methyl sites for hydroxylation is 2. The van der Waals surface area contributed by atoms with Crippen LogP contribution in [-0.2, 0) is 43.9 Å². The molecule has 0 aliphatic rings. The van der Waals surface area contributed by atoms with Gasteiger partial charge in [0.05, 0.1) is 0 Å². The van der Waals surface area contributed by atoms with Crippen LogP contribution in [0.4, 0.5) is 5.69 Å². The number of amides is 1. The summed E-state index contributed by atoms with van der Waals surface area (Å²) in [4.78, 5) is 11.9. The number of anilines is 1. The van der Waals surface area contributed by atoms with Gasteiger partial charge in [0, 0.05) is 38.4 Å². The fourth-order valence-electron chi connectivity index (χ4n) is 1.98. The molecule has 0 saturated carbocycles. The molecular weight excluding hydrogens is 347 g/mol. The maximum absolute atomic E-state index is 11.9. The number of hydrogen-bond acceptors (Lipinski definition) is 1. The maximum atomic E-state index is 11.9. The van der Waals surface area contributed by atoms with E-state index in [1.807, 2.05) is 49.4 Å². The van der Waals surface area contributed by atoms with Gasteiger partial charge in [0.25, 0.3) is 0 Å². The number of hydrogen-bond donors (Lipinski definition) is 1. The maximum Gasteiger partial charge on any atom is 0.247 e. The number of carbonyl (C=O) groups excluding carboxylic acids is 1. The first-order valence-electron chi connectivity index (χ1n) is 7.03. The molecule has 0 bridgehead atoms. The SMILES string of the molecule is [CH2-]CCc1[c-]cc(/C=C/C(=O)Nc2ccccc2C)cc1.[Y]. The van der Waals surface area contributed by atoms with E-state index in [2.05, 4.69) is 18.3 Å². The third kappa shape index (κ3) is 5.86. The molecule has 1 amide bonds. The van der Waals surface area contributed by atoms with Crippen molar-refractivity contribution in [1.29, 1.82) is 0 Å². The van der Waals surface area contributed by atoms with E-state index in [9.17, 15) is 4.79 Å². The minimum Gasteiger partial charge on any atom is -0.343 e. The normalized spacial score (nSPS) is 10.3. The Bertz CT molecular complexity index is 632. The summed E-state index contributed by atoms with van der Waals surface area (Å²) < 4.78 is 0. The van der Waals surface area contributed by atoms with Gasteiger partial charge in [-0.2, -0.15) is 36.2 Å². The van der Waals surface area contributed by atoms with Gasteiger partial charge < -0.3 is 12.2 Å². The van der Waals surface area contributed by atoms with Gasteiger partial charge in [-0.25, -0.2) is 0 Å². The second kappa shape index (κ2) is 9.71. The first-order chi connectivity index (χ1) is 10.2. The molecular formula is C19H19NOY-2. The molecule has 22 heavy (non-hydrogen) atoms. The average molecular weight is 366 g/mol. The molecule has 0 spiro atoms.